The van der Waals surface area contributed by atoms with Gasteiger partial charge in [-0.3, -0.25) is 4.79 Å². The molecule has 0 saturated carbocycles. The van der Waals surface area contributed by atoms with Gasteiger partial charge in [-0.25, -0.2) is 0 Å². The Kier molecular flexibility index (Phi) is 62.6. The molecule has 1 amide bonds. The lowest BCUT2D eigenvalue weighted by Crippen LogP contribution is -2.45. The van der Waals surface area contributed by atoms with Crippen molar-refractivity contribution >= 4 is 5.91 Å². The zero-order valence-corrected chi connectivity index (χ0v) is 49.0. The number of rotatable bonds is 63. The van der Waals surface area contributed by atoms with E-state index >= 15 is 0 Å². The maximum absolute atomic E-state index is 12.5. The lowest BCUT2D eigenvalue weighted by Gasteiger charge is -2.22. The summed E-state index contributed by atoms with van der Waals surface area (Å²) in [6.45, 7) is 4.41. The molecular formula is C67H133NO3. The Balaban J connectivity index is 3.38. The predicted molar refractivity (Wildman–Crippen MR) is 318 cm³/mol. The van der Waals surface area contributed by atoms with Crippen LogP contribution in [-0.2, 0) is 4.79 Å². The third kappa shape index (κ3) is 59.9. The van der Waals surface area contributed by atoms with Crippen molar-refractivity contribution in [2.24, 2.45) is 0 Å². The van der Waals surface area contributed by atoms with E-state index in [4.69, 9.17) is 0 Å². The summed E-state index contributed by atoms with van der Waals surface area (Å²) in [5.74, 6) is -0.0217. The minimum atomic E-state index is -0.658. The molecule has 0 heterocycles. The number of hydrogen-bond acceptors (Lipinski definition) is 3. The largest absolute Gasteiger partial charge is 0.394 e. The van der Waals surface area contributed by atoms with Crippen molar-refractivity contribution < 1.29 is 15.0 Å². The molecule has 2 unspecified atom stereocenters. The summed E-state index contributed by atoms with van der Waals surface area (Å²) in [5.41, 5.74) is 0. The summed E-state index contributed by atoms with van der Waals surface area (Å²) in [5, 5.41) is 23.5. The predicted octanol–water partition coefficient (Wildman–Crippen LogP) is 22.4. The van der Waals surface area contributed by atoms with E-state index in [-0.39, 0.29) is 12.5 Å². The zero-order chi connectivity index (χ0) is 51.3. The van der Waals surface area contributed by atoms with E-state index < -0.39 is 12.1 Å². The number of amides is 1. The number of carbonyl (C=O) groups is 1. The third-order valence-electron chi connectivity index (χ3n) is 16.0. The molecule has 0 aliphatic carbocycles. The molecule has 0 spiro atoms. The highest BCUT2D eigenvalue weighted by molar-refractivity contribution is 5.76. The Morgan fingerprint density at radius 2 is 0.535 bits per heavy atom. The minimum absolute atomic E-state index is 0.0217. The molecule has 0 saturated heterocycles. The van der Waals surface area contributed by atoms with Crippen LogP contribution in [0.3, 0.4) is 0 Å². The summed E-state index contributed by atoms with van der Waals surface area (Å²) in [7, 11) is 0. The molecule has 3 N–H and O–H groups in total. The van der Waals surface area contributed by atoms with E-state index in [1.54, 1.807) is 0 Å². The molecule has 424 valence electrons. The summed E-state index contributed by atoms with van der Waals surface area (Å²) >= 11 is 0. The van der Waals surface area contributed by atoms with Gasteiger partial charge in [-0.1, -0.05) is 360 Å². The van der Waals surface area contributed by atoms with Crippen molar-refractivity contribution in [1.82, 2.24) is 5.32 Å². The molecule has 0 aromatic carbocycles. The van der Waals surface area contributed by atoms with Gasteiger partial charge in [-0.15, -0.1) is 0 Å². The van der Waals surface area contributed by atoms with Crippen LogP contribution in [0.15, 0.2) is 12.2 Å². The van der Waals surface area contributed by atoms with Gasteiger partial charge < -0.3 is 15.5 Å². The molecule has 71 heavy (non-hydrogen) atoms. The molecule has 0 aromatic rings. The van der Waals surface area contributed by atoms with Gasteiger partial charge in [-0.05, 0) is 38.5 Å². The molecule has 0 radical (unpaired) electrons. The Labute approximate surface area is 447 Å². The number of nitrogens with one attached hydrogen (secondary N) is 1. The van der Waals surface area contributed by atoms with E-state index in [0.717, 1.165) is 25.7 Å². The van der Waals surface area contributed by atoms with Crippen LogP contribution < -0.4 is 5.32 Å². The highest BCUT2D eigenvalue weighted by Gasteiger charge is 2.20. The topological polar surface area (TPSA) is 69.6 Å². The van der Waals surface area contributed by atoms with Crippen molar-refractivity contribution in [3.8, 4) is 0 Å². The molecule has 0 rings (SSSR count). The average Bonchev–Trinajstić information content (AvgIpc) is 3.37. The van der Waals surface area contributed by atoms with Crippen LogP contribution in [-0.4, -0.2) is 34.9 Å². The number of hydrogen-bond donors (Lipinski definition) is 3. The second kappa shape index (κ2) is 63.4. The molecule has 0 aliphatic heterocycles. The highest BCUT2D eigenvalue weighted by Crippen LogP contribution is 2.19. The molecule has 0 bridgehead atoms. The summed E-state index contributed by atoms with van der Waals surface area (Å²) in [6, 6.07) is -0.534. The number of unbranched alkanes of at least 4 members (excludes halogenated alkanes) is 54. The van der Waals surface area contributed by atoms with Crippen molar-refractivity contribution in [3.63, 3.8) is 0 Å². The number of aliphatic hydroxyl groups is 2. The van der Waals surface area contributed by atoms with Crippen molar-refractivity contribution in [2.75, 3.05) is 6.61 Å². The minimum Gasteiger partial charge on any atom is -0.394 e. The molecule has 2 atom stereocenters. The second-order valence-corrected chi connectivity index (χ2v) is 23.2. The first-order chi connectivity index (χ1) is 35.2. The maximum atomic E-state index is 12.5. The van der Waals surface area contributed by atoms with Gasteiger partial charge in [0.05, 0.1) is 18.8 Å². The molecule has 0 aromatic heterocycles. The first kappa shape index (κ1) is 70.1. The van der Waals surface area contributed by atoms with Gasteiger partial charge >= 0.3 is 0 Å². The Morgan fingerprint density at radius 3 is 0.775 bits per heavy atom. The van der Waals surface area contributed by atoms with E-state index in [9.17, 15) is 15.0 Å². The highest BCUT2D eigenvalue weighted by atomic mass is 16.3. The molecule has 4 nitrogen and oxygen atoms in total. The van der Waals surface area contributed by atoms with E-state index in [1.165, 1.54) is 340 Å². The SMILES string of the molecule is CCCCCCCCCC/C=C\CCCCCCCCCCCCCCCCCCCC(=O)NC(CO)C(O)CCCCCCCCCCCCCCCCCCCCCCCCCCCCCCCC. The fraction of sp³-hybridized carbons (Fsp3) is 0.955. The van der Waals surface area contributed by atoms with Crippen molar-refractivity contribution in [1.29, 1.82) is 0 Å². The van der Waals surface area contributed by atoms with Gasteiger partial charge in [0.15, 0.2) is 0 Å². The lowest BCUT2D eigenvalue weighted by atomic mass is 10.0. The molecule has 0 fully saturated rings. The molecule has 4 heteroatoms. The summed E-state index contributed by atoms with van der Waals surface area (Å²) in [6.07, 6.45) is 84.0. The number of carbonyl (C=O) groups excluding carboxylic acids is 1. The molecule has 0 aliphatic rings. The Morgan fingerprint density at radius 1 is 0.324 bits per heavy atom. The maximum Gasteiger partial charge on any atom is 0.220 e. The fourth-order valence-corrected chi connectivity index (χ4v) is 11.0. The van der Waals surface area contributed by atoms with Crippen LogP contribution in [0, 0.1) is 0 Å². The monoisotopic (exact) mass is 1000 g/mol. The van der Waals surface area contributed by atoms with Gasteiger partial charge in [0.25, 0.3) is 0 Å². The standard InChI is InChI=1S/C67H133NO3/c1-3-5-7-9-11-13-15-17-19-21-23-25-27-29-31-33-35-36-38-40-42-44-46-48-50-52-54-56-58-60-62-66(70)65(64-69)68-67(71)63-61-59-57-55-53-51-49-47-45-43-41-39-37-34-32-30-28-26-24-22-20-18-16-14-12-10-8-6-4-2/h22,24,65-66,69-70H,3-21,23,25-64H2,1-2H3,(H,68,71)/b24-22-. The van der Waals surface area contributed by atoms with Crippen LogP contribution in [0.1, 0.15) is 393 Å². The second-order valence-electron chi connectivity index (χ2n) is 23.2. The average molecular weight is 1000 g/mol. The first-order valence-corrected chi connectivity index (χ1v) is 33.4. The van der Waals surface area contributed by atoms with E-state index in [2.05, 4.69) is 31.3 Å². The molecular weight excluding hydrogens is 867 g/mol. The quantitative estimate of drug-likeness (QED) is 0.0420. The van der Waals surface area contributed by atoms with Crippen molar-refractivity contribution in [3.05, 3.63) is 12.2 Å². The summed E-state index contributed by atoms with van der Waals surface area (Å²) in [4.78, 5) is 12.5. The third-order valence-corrected chi connectivity index (χ3v) is 16.0. The summed E-state index contributed by atoms with van der Waals surface area (Å²) < 4.78 is 0. The zero-order valence-electron chi connectivity index (χ0n) is 49.0. The first-order valence-electron chi connectivity index (χ1n) is 33.4. The van der Waals surface area contributed by atoms with Crippen LogP contribution in [0.5, 0.6) is 0 Å². The Hall–Kier alpha value is -0.870. The van der Waals surface area contributed by atoms with Gasteiger partial charge in [0, 0.05) is 6.42 Å². The van der Waals surface area contributed by atoms with Crippen molar-refractivity contribution in [2.45, 2.75) is 405 Å². The van der Waals surface area contributed by atoms with Crippen LogP contribution in [0.2, 0.25) is 0 Å². The van der Waals surface area contributed by atoms with Crippen LogP contribution >= 0.6 is 0 Å². The van der Waals surface area contributed by atoms with Gasteiger partial charge in [-0.2, -0.15) is 0 Å². The Bertz CT molecular complexity index is 998. The van der Waals surface area contributed by atoms with E-state index in [1.807, 2.05) is 0 Å². The normalized spacial score (nSPS) is 12.7. The van der Waals surface area contributed by atoms with Gasteiger partial charge in [0.1, 0.15) is 0 Å². The van der Waals surface area contributed by atoms with Crippen LogP contribution in [0.25, 0.3) is 0 Å². The van der Waals surface area contributed by atoms with E-state index in [0.29, 0.717) is 12.8 Å². The van der Waals surface area contributed by atoms with Gasteiger partial charge in [0.2, 0.25) is 5.91 Å². The number of allylic oxidation sites excluding steroid dienone is 2. The van der Waals surface area contributed by atoms with Crippen LogP contribution in [0.4, 0.5) is 0 Å². The lowest BCUT2D eigenvalue weighted by molar-refractivity contribution is -0.123. The fourth-order valence-electron chi connectivity index (χ4n) is 11.0. The number of aliphatic hydroxyl groups excluding tert-OH is 2. The smallest absolute Gasteiger partial charge is 0.220 e.